The van der Waals surface area contributed by atoms with E-state index in [1.807, 2.05) is 6.92 Å². The summed E-state index contributed by atoms with van der Waals surface area (Å²) < 4.78 is 11.1. The van der Waals surface area contributed by atoms with Gasteiger partial charge in [0.05, 0.1) is 0 Å². The van der Waals surface area contributed by atoms with E-state index in [0.29, 0.717) is 12.2 Å². The van der Waals surface area contributed by atoms with Crippen molar-refractivity contribution in [2.45, 2.75) is 12.2 Å². The zero-order chi connectivity index (χ0) is 10.6. The summed E-state index contributed by atoms with van der Waals surface area (Å²) in [7, 11) is -0.811. The number of nitrogens with zero attached hydrogens (tertiary/aromatic N) is 1. The summed E-state index contributed by atoms with van der Waals surface area (Å²) in [6.07, 6.45) is 3.34. The van der Waals surface area contributed by atoms with Crippen LogP contribution in [0.2, 0.25) is 0 Å². The lowest BCUT2D eigenvalue weighted by Crippen LogP contribution is -2.21. The summed E-state index contributed by atoms with van der Waals surface area (Å²) in [4.78, 5) is 4.08. The Kier molecular flexibility index (Phi) is 3.88. The summed E-state index contributed by atoms with van der Waals surface area (Å²) in [6, 6.07) is 3.48. The van der Waals surface area contributed by atoms with E-state index in [4.69, 9.17) is 5.73 Å². The van der Waals surface area contributed by atoms with E-state index in [0.717, 1.165) is 5.82 Å². The van der Waals surface area contributed by atoms with E-state index in [9.17, 15) is 4.21 Å². The van der Waals surface area contributed by atoms with Crippen LogP contribution in [0.5, 0.6) is 0 Å². The number of hydrogen-bond acceptors (Lipinski definition) is 4. The lowest BCUT2D eigenvalue weighted by Gasteiger charge is -2.10. The summed E-state index contributed by atoms with van der Waals surface area (Å²) in [5, 5.41) is 3.19. The molecule has 0 saturated heterocycles. The molecule has 1 rings (SSSR count). The van der Waals surface area contributed by atoms with Crippen LogP contribution in [0.25, 0.3) is 0 Å². The fraction of sp³-hybridized carbons (Fsp3) is 0.444. The van der Waals surface area contributed by atoms with Crippen LogP contribution in [-0.4, -0.2) is 27.2 Å². The molecule has 78 valence electrons. The van der Waals surface area contributed by atoms with Crippen LogP contribution in [-0.2, 0) is 10.8 Å². The molecule has 14 heavy (non-hydrogen) atoms. The predicted octanol–water partition coefficient (Wildman–Crippen LogP) is 0.843. The Balaban J connectivity index is 2.49. The molecule has 2 unspecified atom stereocenters. The van der Waals surface area contributed by atoms with Gasteiger partial charge in [0.1, 0.15) is 5.82 Å². The third-order valence-corrected chi connectivity index (χ3v) is 3.22. The van der Waals surface area contributed by atoms with Gasteiger partial charge in [0.2, 0.25) is 0 Å². The van der Waals surface area contributed by atoms with Gasteiger partial charge >= 0.3 is 0 Å². The summed E-state index contributed by atoms with van der Waals surface area (Å²) in [6.45, 7) is 2.56. The largest absolute Gasteiger partial charge is 0.399 e. The first kappa shape index (κ1) is 11.0. The topological polar surface area (TPSA) is 68.0 Å². The van der Waals surface area contributed by atoms with E-state index in [1.165, 1.54) is 0 Å². The number of nitrogens with two attached hydrogens (primary N) is 1. The molecule has 0 amide bonds. The van der Waals surface area contributed by atoms with Gasteiger partial charge in [-0.05, 0) is 13.0 Å². The third-order valence-electron chi connectivity index (χ3n) is 1.92. The number of pyridine rings is 1. The molecule has 5 heteroatoms. The Labute approximate surface area is 86.4 Å². The van der Waals surface area contributed by atoms with Crippen LogP contribution < -0.4 is 11.1 Å². The normalized spacial score (nSPS) is 14.7. The zero-order valence-corrected chi connectivity index (χ0v) is 9.17. The van der Waals surface area contributed by atoms with Crippen molar-refractivity contribution in [3.63, 3.8) is 0 Å². The van der Waals surface area contributed by atoms with Gasteiger partial charge in [-0.25, -0.2) is 4.98 Å². The first-order valence-corrected chi connectivity index (χ1v) is 5.99. The maximum Gasteiger partial charge on any atom is 0.127 e. The highest BCUT2D eigenvalue weighted by Crippen LogP contribution is 2.07. The van der Waals surface area contributed by atoms with Crippen LogP contribution in [0.15, 0.2) is 18.3 Å². The number of anilines is 2. The molecule has 1 aromatic heterocycles. The number of aromatic nitrogens is 1. The smallest absolute Gasteiger partial charge is 0.127 e. The molecule has 1 heterocycles. The van der Waals surface area contributed by atoms with E-state index in [1.54, 1.807) is 24.6 Å². The lowest BCUT2D eigenvalue weighted by atomic mass is 10.4. The molecule has 2 atom stereocenters. The van der Waals surface area contributed by atoms with Gasteiger partial charge in [-0.3, -0.25) is 4.21 Å². The first-order chi connectivity index (χ1) is 6.59. The van der Waals surface area contributed by atoms with Gasteiger partial charge in [-0.15, -0.1) is 0 Å². The zero-order valence-electron chi connectivity index (χ0n) is 8.36. The van der Waals surface area contributed by atoms with Crippen molar-refractivity contribution in [2.75, 3.05) is 23.9 Å². The Morgan fingerprint density at radius 3 is 3.00 bits per heavy atom. The van der Waals surface area contributed by atoms with Gasteiger partial charge < -0.3 is 11.1 Å². The van der Waals surface area contributed by atoms with Crippen molar-refractivity contribution in [1.29, 1.82) is 0 Å². The third kappa shape index (κ3) is 3.33. The minimum Gasteiger partial charge on any atom is -0.399 e. The number of hydrogen-bond donors (Lipinski definition) is 2. The molecule has 4 nitrogen and oxygen atoms in total. The molecule has 0 spiro atoms. The first-order valence-electron chi connectivity index (χ1n) is 4.37. The predicted molar refractivity (Wildman–Crippen MR) is 60.7 cm³/mol. The second-order valence-corrected chi connectivity index (χ2v) is 4.97. The molecule has 0 aromatic carbocycles. The molecule has 0 saturated carbocycles. The maximum absolute atomic E-state index is 11.1. The number of nitrogens with one attached hydrogen (secondary N) is 1. The van der Waals surface area contributed by atoms with Crippen LogP contribution >= 0.6 is 0 Å². The second kappa shape index (κ2) is 4.95. The molecule has 0 fully saturated rings. The molecule has 0 aliphatic heterocycles. The van der Waals surface area contributed by atoms with Gasteiger partial charge in [0.25, 0.3) is 0 Å². The van der Waals surface area contributed by atoms with Gasteiger partial charge in [0.15, 0.2) is 0 Å². The molecular formula is C9H15N3OS. The molecule has 0 bridgehead atoms. The highest BCUT2D eigenvalue weighted by molar-refractivity contribution is 7.84. The fourth-order valence-electron chi connectivity index (χ4n) is 0.909. The van der Waals surface area contributed by atoms with E-state index in [-0.39, 0.29) is 5.25 Å². The Morgan fingerprint density at radius 2 is 2.43 bits per heavy atom. The van der Waals surface area contributed by atoms with Crippen LogP contribution in [0.3, 0.4) is 0 Å². The highest BCUT2D eigenvalue weighted by Gasteiger charge is 2.05. The van der Waals surface area contributed by atoms with Crippen molar-refractivity contribution in [2.24, 2.45) is 0 Å². The summed E-state index contributed by atoms with van der Waals surface area (Å²) >= 11 is 0. The van der Waals surface area contributed by atoms with Crippen LogP contribution in [0, 0.1) is 0 Å². The quantitative estimate of drug-likeness (QED) is 0.778. The van der Waals surface area contributed by atoms with Crippen LogP contribution in [0.1, 0.15) is 6.92 Å². The maximum atomic E-state index is 11.1. The SMILES string of the molecule is CC(CNc1cc(N)ccn1)S(C)=O. The van der Waals surface area contributed by atoms with Crippen molar-refractivity contribution in [3.05, 3.63) is 18.3 Å². The Bertz CT molecular complexity index is 330. The van der Waals surface area contributed by atoms with Crippen molar-refractivity contribution < 1.29 is 4.21 Å². The van der Waals surface area contributed by atoms with Gasteiger partial charge in [-0.2, -0.15) is 0 Å². The molecular weight excluding hydrogens is 198 g/mol. The monoisotopic (exact) mass is 213 g/mol. The molecule has 0 aliphatic carbocycles. The Morgan fingerprint density at radius 1 is 1.71 bits per heavy atom. The van der Waals surface area contributed by atoms with Crippen molar-refractivity contribution in [1.82, 2.24) is 4.98 Å². The van der Waals surface area contributed by atoms with Crippen molar-refractivity contribution >= 4 is 22.3 Å². The second-order valence-electron chi connectivity index (χ2n) is 3.16. The minimum absolute atomic E-state index is 0.109. The summed E-state index contributed by atoms with van der Waals surface area (Å²) in [5.74, 6) is 0.724. The number of rotatable bonds is 4. The molecule has 0 radical (unpaired) electrons. The van der Waals surface area contributed by atoms with Gasteiger partial charge in [0, 0.05) is 46.8 Å². The van der Waals surface area contributed by atoms with E-state index >= 15 is 0 Å². The van der Waals surface area contributed by atoms with Gasteiger partial charge in [-0.1, -0.05) is 0 Å². The van der Waals surface area contributed by atoms with E-state index in [2.05, 4.69) is 10.3 Å². The Hall–Kier alpha value is -1.10. The van der Waals surface area contributed by atoms with Crippen LogP contribution in [0.4, 0.5) is 11.5 Å². The van der Waals surface area contributed by atoms with E-state index < -0.39 is 10.8 Å². The lowest BCUT2D eigenvalue weighted by molar-refractivity contribution is 0.679. The van der Waals surface area contributed by atoms with Crippen molar-refractivity contribution in [3.8, 4) is 0 Å². The average Bonchev–Trinajstić information content (AvgIpc) is 2.14. The minimum atomic E-state index is -0.811. The highest BCUT2D eigenvalue weighted by atomic mass is 32.2. The fourth-order valence-corrected chi connectivity index (χ4v) is 1.23. The molecule has 3 N–H and O–H groups in total. The molecule has 1 aromatic rings. The standard InChI is InChI=1S/C9H15N3OS/c1-7(14(2)13)6-12-9-5-8(10)3-4-11-9/h3-5,7H,6H2,1-2H3,(H3,10,11,12). The summed E-state index contributed by atoms with van der Waals surface area (Å²) in [5.41, 5.74) is 6.26. The average molecular weight is 213 g/mol. The number of nitrogen functional groups attached to an aromatic ring is 1. The molecule has 0 aliphatic rings.